The van der Waals surface area contributed by atoms with Crippen molar-refractivity contribution in [2.75, 3.05) is 38.7 Å². The van der Waals surface area contributed by atoms with Crippen LogP contribution in [0.25, 0.3) is 21.9 Å². The number of anilines is 1. The first kappa shape index (κ1) is 21.0. The van der Waals surface area contributed by atoms with Crippen molar-refractivity contribution < 1.29 is 23.5 Å². The quantitative estimate of drug-likeness (QED) is 0.510. The number of ether oxygens (including phenoxy) is 2. The molecule has 0 atom stereocenters. The van der Waals surface area contributed by atoms with Crippen molar-refractivity contribution in [2.45, 2.75) is 6.92 Å². The lowest BCUT2D eigenvalue weighted by atomic mass is 10.1. The predicted molar refractivity (Wildman–Crippen MR) is 124 cm³/mol. The summed E-state index contributed by atoms with van der Waals surface area (Å²) < 4.78 is 16.5. The van der Waals surface area contributed by atoms with Crippen LogP contribution in [0.2, 0.25) is 0 Å². The van der Waals surface area contributed by atoms with Crippen LogP contribution in [0, 0.1) is 6.92 Å². The second-order valence-corrected chi connectivity index (χ2v) is 7.84. The smallest absolute Gasteiger partial charge is 0.291 e. The summed E-state index contributed by atoms with van der Waals surface area (Å²) in [5.41, 5.74) is 2.64. The fraction of sp³-hybridized carbons (Fsp3) is 0.240. The Bertz CT molecular complexity index is 1370. The van der Waals surface area contributed by atoms with Gasteiger partial charge >= 0.3 is 0 Å². The van der Waals surface area contributed by atoms with Crippen LogP contribution in [0.1, 0.15) is 26.6 Å². The SMILES string of the molecule is COc1ccc2nc(C)c(C(=O)Nc3c(C(=O)N4CCOCC4)oc4ccccc34)cc2c1. The number of rotatable bonds is 4. The molecule has 0 radical (unpaired) electrons. The van der Waals surface area contributed by atoms with E-state index in [9.17, 15) is 9.59 Å². The molecule has 1 fully saturated rings. The van der Waals surface area contributed by atoms with Crippen molar-refractivity contribution in [2.24, 2.45) is 0 Å². The van der Waals surface area contributed by atoms with Gasteiger partial charge in [0.15, 0.2) is 0 Å². The van der Waals surface area contributed by atoms with Gasteiger partial charge in [-0.25, -0.2) is 0 Å². The number of fused-ring (bicyclic) bond motifs is 2. The zero-order chi connectivity index (χ0) is 22.9. The molecule has 0 unspecified atom stereocenters. The van der Waals surface area contributed by atoms with E-state index in [4.69, 9.17) is 13.9 Å². The molecule has 1 saturated heterocycles. The molecule has 8 heteroatoms. The third kappa shape index (κ3) is 3.89. The van der Waals surface area contributed by atoms with Crippen LogP contribution in [0.3, 0.4) is 0 Å². The van der Waals surface area contributed by atoms with E-state index in [0.717, 1.165) is 10.9 Å². The number of carbonyl (C=O) groups excluding carboxylic acids is 2. The van der Waals surface area contributed by atoms with Crippen LogP contribution in [-0.2, 0) is 4.74 Å². The third-order valence-corrected chi connectivity index (χ3v) is 5.78. The van der Waals surface area contributed by atoms with Gasteiger partial charge < -0.3 is 24.1 Å². The second-order valence-electron chi connectivity index (χ2n) is 7.84. The highest BCUT2D eigenvalue weighted by atomic mass is 16.5. The minimum atomic E-state index is -0.368. The Balaban J connectivity index is 1.54. The second kappa shape index (κ2) is 8.55. The Hall–Kier alpha value is -3.91. The molecular weight excluding hydrogens is 422 g/mol. The number of amides is 2. The summed E-state index contributed by atoms with van der Waals surface area (Å²) in [6.45, 7) is 3.67. The summed E-state index contributed by atoms with van der Waals surface area (Å²) >= 11 is 0. The molecule has 1 aliphatic heterocycles. The van der Waals surface area contributed by atoms with E-state index >= 15 is 0 Å². The number of aromatic nitrogens is 1. The summed E-state index contributed by atoms with van der Waals surface area (Å²) in [6, 6.07) is 14.6. The normalized spacial score (nSPS) is 13.9. The average molecular weight is 445 g/mol. The topological polar surface area (TPSA) is 93.9 Å². The molecule has 0 bridgehead atoms. The van der Waals surface area contributed by atoms with E-state index in [2.05, 4.69) is 10.3 Å². The number of hydrogen-bond donors (Lipinski definition) is 1. The Kier molecular flexibility index (Phi) is 5.43. The van der Waals surface area contributed by atoms with Crippen LogP contribution in [0.4, 0.5) is 5.69 Å². The number of pyridine rings is 1. The van der Waals surface area contributed by atoms with Crippen molar-refractivity contribution in [3.63, 3.8) is 0 Å². The predicted octanol–water partition coefficient (Wildman–Crippen LogP) is 4.02. The number of nitrogens with one attached hydrogen (secondary N) is 1. The Labute approximate surface area is 190 Å². The van der Waals surface area contributed by atoms with Gasteiger partial charge in [0.2, 0.25) is 5.76 Å². The lowest BCUT2D eigenvalue weighted by Gasteiger charge is -2.26. The molecule has 168 valence electrons. The maximum atomic E-state index is 13.4. The van der Waals surface area contributed by atoms with Gasteiger partial charge in [0.25, 0.3) is 11.8 Å². The van der Waals surface area contributed by atoms with Crippen molar-refractivity contribution >= 4 is 39.4 Å². The molecule has 8 nitrogen and oxygen atoms in total. The molecule has 2 amide bonds. The molecule has 33 heavy (non-hydrogen) atoms. The lowest BCUT2D eigenvalue weighted by Crippen LogP contribution is -2.40. The highest BCUT2D eigenvalue weighted by molar-refractivity contribution is 6.15. The number of methoxy groups -OCH3 is 1. The monoisotopic (exact) mass is 445 g/mol. The van der Waals surface area contributed by atoms with Gasteiger partial charge in [0.1, 0.15) is 17.0 Å². The van der Waals surface area contributed by atoms with Crippen molar-refractivity contribution in [3.8, 4) is 5.75 Å². The summed E-state index contributed by atoms with van der Waals surface area (Å²) in [5, 5.41) is 4.37. The fourth-order valence-electron chi connectivity index (χ4n) is 4.02. The third-order valence-electron chi connectivity index (χ3n) is 5.78. The van der Waals surface area contributed by atoms with Gasteiger partial charge in [-0.3, -0.25) is 14.6 Å². The van der Waals surface area contributed by atoms with Crippen LogP contribution in [0.5, 0.6) is 5.75 Å². The highest BCUT2D eigenvalue weighted by Gasteiger charge is 2.28. The van der Waals surface area contributed by atoms with Gasteiger partial charge in [-0.1, -0.05) is 12.1 Å². The van der Waals surface area contributed by atoms with Gasteiger partial charge in [-0.05, 0) is 43.3 Å². The van der Waals surface area contributed by atoms with E-state index in [0.29, 0.717) is 60.0 Å². The van der Waals surface area contributed by atoms with Crippen LogP contribution >= 0.6 is 0 Å². The molecule has 1 aliphatic rings. The molecule has 5 rings (SSSR count). The van der Waals surface area contributed by atoms with E-state index in [-0.39, 0.29) is 17.6 Å². The molecule has 2 aromatic carbocycles. The van der Waals surface area contributed by atoms with Gasteiger partial charge in [0, 0.05) is 23.9 Å². The minimum Gasteiger partial charge on any atom is -0.497 e. The molecule has 0 spiro atoms. The molecule has 2 aromatic heterocycles. The van der Waals surface area contributed by atoms with Crippen LogP contribution in [-0.4, -0.2) is 55.1 Å². The first-order chi connectivity index (χ1) is 16.0. The molecule has 1 N–H and O–H groups in total. The number of para-hydroxylation sites is 1. The summed E-state index contributed by atoms with van der Waals surface area (Å²) in [4.78, 5) is 32.8. The zero-order valence-corrected chi connectivity index (χ0v) is 18.4. The first-order valence-electron chi connectivity index (χ1n) is 10.7. The highest BCUT2D eigenvalue weighted by Crippen LogP contribution is 2.33. The number of aryl methyl sites for hydroxylation is 1. The van der Waals surface area contributed by atoms with Gasteiger partial charge in [0.05, 0.1) is 37.1 Å². The lowest BCUT2D eigenvalue weighted by molar-refractivity contribution is 0.0285. The Morgan fingerprint density at radius 1 is 1.09 bits per heavy atom. The van der Waals surface area contributed by atoms with Crippen molar-refractivity contribution in [1.82, 2.24) is 9.88 Å². The molecule has 4 aromatic rings. The fourth-order valence-corrected chi connectivity index (χ4v) is 4.02. The van der Waals surface area contributed by atoms with Crippen LogP contribution in [0.15, 0.2) is 52.9 Å². The summed E-state index contributed by atoms with van der Waals surface area (Å²) in [5.74, 6) is 0.147. The number of benzene rings is 2. The van der Waals surface area contributed by atoms with E-state index in [1.165, 1.54) is 0 Å². The van der Waals surface area contributed by atoms with E-state index < -0.39 is 0 Å². The van der Waals surface area contributed by atoms with Crippen LogP contribution < -0.4 is 10.1 Å². The Morgan fingerprint density at radius 3 is 2.67 bits per heavy atom. The number of furan rings is 1. The molecular formula is C25H23N3O5. The molecule has 0 saturated carbocycles. The standard InChI is InChI=1S/C25H23N3O5/c1-15-19(14-16-13-17(31-2)7-8-20(16)26-15)24(29)27-22-18-5-3-4-6-21(18)33-23(22)25(30)28-9-11-32-12-10-28/h3-8,13-14H,9-12H2,1-2H3,(H,27,29). The average Bonchev–Trinajstić information content (AvgIpc) is 3.21. The number of morpholine rings is 1. The largest absolute Gasteiger partial charge is 0.497 e. The molecule has 3 heterocycles. The number of carbonyl (C=O) groups is 2. The van der Waals surface area contributed by atoms with Gasteiger partial charge in [-0.15, -0.1) is 0 Å². The maximum Gasteiger partial charge on any atom is 0.291 e. The Morgan fingerprint density at radius 2 is 1.88 bits per heavy atom. The zero-order valence-electron chi connectivity index (χ0n) is 18.4. The van der Waals surface area contributed by atoms with Gasteiger partial charge in [-0.2, -0.15) is 0 Å². The number of nitrogens with zero attached hydrogens (tertiary/aromatic N) is 2. The minimum absolute atomic E-state index is 0.111. The van der Waals surface area contributed by atoms with E-state index in [1.807, 2.05) is 36.4 Å². The molecule has 0 aliphatic carbocycles. The maximum absolute atomic E-state index is 13.4. The van der Waals surface area contributed by atoms with E-state index in [1.54, 1.807) is 31.1 Å². The summed E-state index contributed by atoms with van der Waals surface area (Å²) in [6.07, 6.45) is 0. The summed E-state index contributed by atoms with van der Waals surface area (Å²) in [7, 11) is 1.59. The van der Waals surface area contributed by atoms with Crippen molar-refractivity contribution in [3.05, 3.63) is 65.5 Å². The first-order valence-corrected chi connectivity index (χ1v) is 10.7. The number of hydrogen-bond acceptors (Lipinski definition) is 6. The van der Waals surface area contributed by atoms with Crippen molar-refractivity contribution in [1.29, 1.82) is 0 Å².